The van der Waals surface area contributed by atoms with Gasteiger partial charge in [-0.1, -0.05) is 0 Å². The minimum absolute atomic E-state index is 0.0174. The number of halogens is 3. The molecule has 0 spiro atoms. The Kier molecular flexibility index (Phi) is 6.81. The molecule has 8 nitrogen and oxygen atoms in total. The first-order valence-corrected chi connectivity index (χ1v) is 8.71. The minimum atomic E-state index is -4.61. The summed E-state index contributed by atoms with van der Waals surface area (Å²) in [7, 11) is 0. The second kappa shape index (κ2) is 8.72. The summed E-state index contributed by atoms with van der Waals surface area (Å²) in [6.45, 7) is 5.40. The van der Waals surface area contributed by atoms with E-state index in [0.717, 1.165) is 12.4 Å². The third-order valence-electron chi connectivity index (χ3n) is 3.71. The smallest absolute Gasteiger partial charge is 0.444 e. The first-order chi connectivity index (χ1) is 12.9. The Morgan fingerprint density at radius 2 is 1.86 bits per heavy atom. The molecule has 156 valence electrons. The molecule has 28 heavy (non-hydrogen) atoms. The fourth-order valence-corrected chi connectivity index (χ4v) is 2.44. The number of carbonyl (C=O) groups excluding carboxylic acids is 2. The lowest BCUT2D eigenvalue weighted by molar-refractivity contribution is -0.145. The monoisotopic (exact) mass is 404 g/mol. The van der Waals surface area contributed by atoms with Gasteiger partial charge in [-0.2, -0.15) is 13.2 Å². The average molecular weight is 404 g/mol. The number of rotatable bonds is 4. The molecule has 11 heteroatoms. The Morgan fingerprint density at radius 3 is 2.36 bits per heavy atom. The first-order valence-electron chi connectivity index (χ1n) is 8.71. The van der Waals surface area contributed by atoms with Crippen LogP contribution in [0.1, 0.15) is 45.0 Å². The summed E-state index contributed by atoms with van der Waals surface area (Å²) < 4.78 is 47.9. The van der Waals surface area contributed by atoms with Crippen molar-refractivity contribution in [1.29, 1.82) is 0 Å². The fraction of sp³-hybridized carbons (Fsp3) is 0.647. The molecule has 2 amide bonds. The van der Waals surface area contributed by atoms with E-state index in [1.54, 1.807) is 20.8 Å². The molecule has 0 bridgehead atoms. The van der Waals surface area contributed by atoms with Crippen LogP contribution in [0.3, 0.4) is 0 Å². The highest BCUT2D eigenvalue weighted by Gasteiger charge is 2.34. The van der Waals surface area contributed by atoms with Crippen molar-refractivity contribution in [3.63, 3.8) is 0 Å². The number of nitrogens with zero attached hydrogens (tertiary/aromatic N) is 2. The van der Waals surface area contributed by atoms with Gasteiger partial charge in [0.05, 0.1) is 12.6 Å². The van der Waals surface area contributed by atoms with Crippen LogP contribution in [-0.4, -0.2) is 46.3 Å². The quantitative estimate of drug-likeness (QED) is 0.798. The average Bonchev–Trinajstić information content (AvgIpc) is 2.58. The summed E-state index contributed by atoms with van der Waals surface area (Å²) in [4.78, 5) is 30.3. The molecule has 0 saturated carbocycles. The zero-order chi connectivity index (χ0) is 20.9. The highest BCUT2D eigenvalue weighted by molar-refractivity contribution is 5.80. The van der Waals surface area contributed by atoms with Crippen LogP contribution in [0.25, 0.3) is 0 Å². The Labute approximate surface area is 160 Å². The first kappa shape index (κ1) is 21.9. The second-order valence-corrected chi connectivity index (χ2v) is 7.37. The van der Waals surface area contributed by atoms with Crippen molar-refractivity contribution in [2.24, 2.45) is 0 Å². The highest BCUT2D eigenvalue weighted by Crippen LogP contribution is 2.25. The lowest BCUT2D eigenvalue weighted by atomic mass is 10.0. The number of carbonyl (C=O) groups is 2. The van der Waals surface area contributed by atoms with Gasteiger partial charge in [-0.3, -0.25) is 4.79 Å². The number of hydrogen-bond donors (Lipinski definition) is 2. The molecule has 1 aliphatic heterocycles. The number of hydrogen-bond acceptors (Lipinski definition) is 6. The van der Waals surface area contributed by atoms with Crippen LogP contribution in [-0.2, 0) is 27.0 Å². The van der Waals surface area contributed by atoms with Gasteiger partial charge in [0.25, 0.3) is 0 Å². The maximum Gasteiger partial charge on any atom is 0.451 e. The van der Waals surface area contributed by atoms with E-state index in [4.69, 9.17) is 9.47 Å². The van der Waals surface area contributed by atoms with Crippen LogP contribution in [0.4, 0.5) is 18.0 Å². The van der Waals surface area contributed by atoms with Crippen LogP contribution in [0, 0.1) is 0 Å². The van der Waals surface area contributed by atoms with E-state index in [1.807, 2.05) is 0 Å². The maximum absolute atomic E-state index is 12.4. The normalized spacial score (nSPS) is 20.4. The predicted molar refractivity (Wildman–Crippen MR) is 91.0 cm³/mol. The minimum Gasteiger partial charge on any atom is -0.444 e. The summed E-state index contributed by atoms with van der Waals surface area (Å²) in [6, 6.07) is -0.262. The van der Waals surface area contributed by atoms with Gasteiger partial charge in [0.15, 0.2) is 0 Å². The zero-order valence-electron chi connectivity index (χ0n) is 15.8. The van der Waals surface area contributed by atoms with Gasteiger partial charge in [0.1, 0.15) is 11.7 Å². The summed E-state index contributed by atoms with van der Waals surface area (Å²) in [6.07, 6.45) is -2.92. The van der Waals surface area contributed by atoms with Gasteiger partial charge in [0.2, 0.25) is 11.7 Å². The summed E-state index contributed by atoms with van der Waals surface area (Å²) in [5, 5.41) is 5.26. The molecule has 1 fully saturated rings. The molecule has 0 aliphatic carbocycles. The number of alkyl halides is 3. The standard InChI is InChI=1S/C17H23F3N4O4/c1-16(2,3)28-15(26)24-11-4-5-12(27-9-11)13(25)21-6-10-7-22-14(23-8-10)17(18,19)20/h7-8,11-12H,4-6,9H2,1-3H3,(H,21,25)(H,24,26)/t11-,12+/m1/s1. The van der Waals surface area contributed by atoms with Crippen LogP contribution in [0.2, 0.25) is 0 Å². The van der Waals surface area contributed by atoms with Crippen LogP contribution < -0.4 is 10.6 Å². The van der Waals surface area contributed by atoms with E-state index < -0.39 is 35.7 Å². The van der Waals surface area contributed by atoms with Gasteiger partial charge in [-0.15, -0.1) is 0 Å². The molecule has 1 saturated heterocycles. The third-order valence-corrected chi connectivity index (χ3v) is 3.71. The molecule has 1 aromatic heterocycles. The van der Waals surface area contributed by atoms with E-state index in [0.29, 0.717) is 18.4 Å². The van der Waals surface area contributed by atoms with E-state index >= 15 is 0 Å². The number of alkyl carbamates (subject to hydrolysis) is 1. The molecule has 2 rings (SSSR count). The van der Waals surface area contributed by atoms with E-state index in [2.05, 4.69) is 20.6 Å². The molecule has 2 heterocycles. The highest BCUT2D eigenvalue weighted by atomic mass is 19.4. The Morgan fingerprint density at radius 1 is 1.21 bits per heavy atom. The van der Waals surface area contributed by atoms with E-state index in [-0.39, 0.29) is 19.2 Å². The SMILES string of the molecule is CC(C)(C)OC(=O)N[C@@H]1CC[C@@H](C(=O)NCc2cnc(C(F)(F)F)nc2)OC1. The molecule has 2 atom stereocenters. The lowest BCUT2D eigenvalue weighted by Gasteiger charge is -2.29. The third kappa shape index (κ3) is 6.95. The number of ether oxygens (including phenoxy) is 2. The Bertz CT molecular complexity index is 681. The van der Waals surface area contributed by atoms with Crippen molar-refractivity contribution in [2.45, 2.75) is 64.1 Å². The van der Waals surface area contributed by atoms with Gasteiger partial charge >= 0.3 is 12.3 Å². The van der Waals surface area contributed by atoms with Crippen LogP contribution in [0.15, 0.2) is 12.4 Å². The fourth-order valence-electron chi connectivity index (χ4n) is 2.44. The van der Waals surface area contributed by atoms with Gasteiger partial charge < -0.3 is 20.1 Å². The summed E-state index contributed by atoms with van der Waals surface area (Å²) in [5.74, 6) is -1.63. The molecule has 1 aliphatic rings. The van der Waals surface area contributed by atoms with Gasteiger partial charge in [0, 0.05) is 24.5 Å². The number of amides is 2. The molecule has 1 aromatic rings. The second-order valence-electron chi connectivity index (χ2n) is 7.37. The molecular weight excluding hydrogens is 381 g/mol. The molecule has 0 unspecified atom stereocenters. The molecule has 0 radical (unpaired) electrons. The summed E-state index contributed by atoms with van der Waals surface area (Å²) >= 11 is 0. The van der Waals surface area contributed by atoms with Crippen LogP contribution in [0.5, 0.6) is 0 Å². The molecule has 0 aromatic carbocycles. The Hall–Kier alpha value is -2.43. The predicted octanol–water partition coefficient (Wildman–Crippen LogP) is 2.18. The van der Waals surface area contributed by atoms with Crippen molar-refractivity contribution in [3.8, 4) is 0 Å². The van der Waals surface area contributed by atoms with Crippen molar-refractivity contribution < 1.29 is 32.2 Å². The van der Waals surface area contributed by atoms with E-state index in [9.17, 15) is 22.8 Å². The Balaban J connectivity index is 1.74. The van der Waals surface area contributed by atoms with Crippen molar-refractivity contribution in [3.05, 3.63) is 23.8 Å². The maximum atomic E-state index is 12.4. The molecule has 2 N–H and O–H groups in total. The van der Waals surface area contributed by atoms with Crippen molar-refractivity contribution in [1.82, 2.24) is 20.6 Å². The van der Waals surface area contributed by atoms with E-state index in [1.165, 1.54) is 0 Å². The largest absolute Gasteiger partial charge is 0.451 e. The van der Waals surface area contributed by atoms with Crippen LogP contribution >= 0.6 is 0 Å². The lowest BCUT2D eigenvalue weighted by Crippen LogP contribution is -2.48. The topological polar surface area (TPSA) is 102 Å². The number of nitrogens with one attached hydrogen (secondary N) is 2. The zero-order valence-corrected chi connectivity index (χ0v) is 15.8. The summed E-state index contributed by atoms with van der Waals surface area (Å²) in [5.41, 5.74) is -0.272. The van der Waals surface area contributed by atoms with Gasteiger partial charge in [-0.05, 0) is 33.6 Å². The van der Waals surface area contributed by atoms with Gasteiger partial charge in [-0.25, -0.2) is 14.8 Å². The van der Waals surface area contributed by atoms with Crippen molar-refractivity contribution in [2.75, 3.05) is 6.61 Å². The van der Waals surface area contributed by atoms with Crippen molar-refractivity contribution >= 4 is 12.0 Å². The number of aromatic nitrogens is 2. The molecular formula is C17H23F3N4O4.